The summed E-state index contributed by atoms with van der Waals surface area (Å²) in [6.45, 7) is 3.86. The maximum absolute atomic E-state index is 11.0. The van der Waals surface area contributed by atoms with Gasteiger partial charge in [0.15, 0.2) is 5.16 Å². The lowest BCUT2D eigenvalue weighted by Crippen LogP contribution is -2.19. The largest absolute Gasteiger partial charge is 0.481 e. The lowest BCUT2D eigenvalue weighted by molar-refractivity contribution is -0.134. The van der Waals surface area contributed by atoms with Gasteiger partial charge in [0.2, 0.25) is 5.91 Å². The summed E-state index contributed by atoms with van der Waals surface area (Å²) in [5, 5.41) is 17.3. The second-order valence-corrected chi connectivity index (χ2v) is 5.16. The van der Waals surface area contributed by atoms with Crippen LogP contribution in [0, 0.1) is 0 Å². The predicted octanol–water partition coefficient (Wildman–Crippen LogP) is 0.844. The van der Waals surface area contributed by atoms with Gasteiger partial charge in [-0.25, -0.2) is 0 Å². The topological polar surface area (TPSA) is 111 Å². The Morgan fingerprint density at radius 1 is 1.47 bits per heavy atom. The van der Waals surface area contributed by atoms with Crippen LogP contribution in [0.1, 0.15) is 38.6 Å². The minimum atomic E-state index is -0.917. The van der Waals surface area contributed by atoms with Gasteiger partial charge in [-0.2, -0.15) is 0 Å². The molecule has 1 amide bonds. The maximum atomic E-state index is 11.0. The number of nitrogens with zero attached hydrogens (tertiary/aromatic N) is 3. The Morgan fingerprint density at radius 3 is 2.68 bits per heavy atom. The highest BCUT2D eigenvalue weighted by Gasteiger charge is 2.19. The number of primary amides is 1. The number of carbonyl (C=O) groups excluding carboxylic acids is 1. The summed E-state index contributed by atoms with van der Waals surface area (Å²) >= 11 is 1.09. The molecule has 0 aliphatic rings. The van der Waals surface area contributed by atoms with Crippen molar-refractivity contribution in [3.05, 3.63) is 5.82 Å². The van der Waals surface area contributed by atoms with Crippen molar-refractivity contribution in [1.29, 1.82) is 0 Å². The molecule has 0 fully saturated rings. The quantitative estimate of drug-likeness (QED) is 0.685. The molecule has 19 heavy (non-hydrogen) atoms. The van der Waals surface area contributed by atoms with E-state index in [1.54, 1.807) is 0 Å². The molecule has 0 bridgehead atoms. The van der Waals surface area contributed by atoms with Crippen LogP contribution < -0.4 is 5.73 Å². The van der Waals surface area contributed by atoms with Crippen molar-refractivity contribution in [3.8, 4) is 0 Å². The standard InChI is InChI=1S/C11H18N4O3S/c1-3-4-9-13-14-11(19-6-10(17)18)15(9)7(2)5-8(12)16/h7H,3-6H2,1-2H3,(H2,12,16)(H,17,18). The maximum Gasteiger partial charge on any atom is 0.313 e. The Balaban J connectivity index is 2.96. The van der Waals surface area contributed by atoms with E-state index in [1.165, 1.54) is 0 Å². The highest BCUT2D eigenvalue weighted by atomic mass is 32.2. The summed E-state index contributed by atoms with van der Waals surface area (Å²) in [5.74, 6) is -0.658. The number of carboxylic acids is 1. The second-order valence-electron chi connectivity index (χ2n) is 4.22. The summed E-state index contributed by atoms with van der Waals surface area (Å²) in [5.41, 5.74) is 5.20. The Morgan fingerprint density at radius 2 is 2.16 bits per heavy atom. The van der Waals surface area contributed by atoms with Gasteiger partial charge in [0, 0.05) is 18.9 Å². The molecule has 0 saturated heterocycles. The molecular formula is C11H18N4O3S. The van der Waals surface area contributed by atoms with Crippen LogP contribution in [0.3, 0.4) is 0 Å². The van der Waals surface area contributed by atoms with Gasteiger partial charge in [-0.1, -0.05) is 18.7 Å². The number of hydrogen-bond donors (Lipinski definition) is 2. The molecular weight excluding hydrogens is 268 g/mol. The zero-order chi connectivity index (χ0) is 14.4. The first-order chi connectivity index (χ1) is 8.95. The fourth-order valence-corrected chi connectivity index (χ4v) is 2.53. The van der Waals surface area contributed by atoms with Crippen LogP contribution in [0.4, 0.5) is 0 Å². The molecule has 3 N–H and O–H groups in total. The number of aliphatic carboxylic acids is 1. The van der Waals surface area contributed by atoms with E-state index in [0.29, 0.717) is 5.16 Å². The van der Waals surface area contributed by atoms with Crippen molar-refractivity contribution in [2.45, 2.75) is 44.3 Å². The molecule has 1 unspecified atom stereocenters. The van der Waals surface area contributed by atoms with Crippen LogP contribution in [0.15, 0.2) is 5.16 Å². The number of aromatic nitrogens is 3. The molecule has 1 atom stereocenters. The molecule has 1 aromatic heterocycles. The molecule has 8 heteroatoms. The first-order valence-corrected chi connectivity index (χ1v) is 7.00. The van der Waals surface area contributed by atoms with Gasteiger partial charge in [-0.15, -0.1) is 10.2 Å². The Labute approximate surface area is 115 Å². The summed E-state index contributed by atoms with van der Waals surface area (Å²) in [6, 6.07) is -0.176. The van der Waals surface area contributed by atoms with Crippen LogP contribution in [0.2, 0.25) is 0 Å². The highest BCUT2D eigenvalue weighted by molar-refractivity contribution is 7.99. The average molecular weight is 286 g/mol. The fraction of sp³-hybridized carbons (Fsp3) is 0.636. The van der Waals surface area contributed by atoms with Crippen LogP contribution in [-0.2, 0) is 16.0 Å². The molecule has 0 radical (unpaired) electrons. The molecule has 0 spiro atoms. The Hall–Kier alpha value is -1.57. The summed E-state index contributed by atoms with van der Waals surface area (Å²) in [4.78, 5) is 21.6. The first-order valence-electron chi connectivity index (χ1n) is 6.02. The smallest absolute Gasteiger partial charge is 0.313 e. The van der Waals surface area contributed by atoms with Gasteiger partial charge in [-0.05, 0) is 13.3 Å². The van der Waals surface area contributed by atoms with Crippen molar-refractivity contribution in [3.63, 3.8) is 0 Å². The third-order valence-electron chi connectivity index (χ3n) is 2.47. The van der Waals surface area contributed by atoms with Crippen molar-refractivity contribution in [2.75, 3.05) is 5.75 Å². The van der Waals surface area contributed by atoms with E-state index in [2.05, 4.69) is 10.2 Å². The van der Waals surface area contributed by atoms with Gasteiger partial charge in [0.1, 0.15) is 5.82 Å². The van der Waals surface area contributed by atoms with Crippen LogP contribution >= 0.6 is 11.8 Å². The number of rotatable bonds is 8. The monoisotopic (exact) mass is 286 g/mol. The van der Waals surface area contributed by atoms with Gasteiger partial charge in [-0.3, -0.25) is 9.59 Å². The number of hydrogen-bond acceptors (Lipinski definition) is 5. The third kappa shape index (κ3) is 4.55. The van der Waals surface area contributed by atoms with E-state index in [1.807, 2.05) is 18.4 Å². The van der Waals surface area contributed by atoms with E-state index >= 15 is 0 Å². The van der Waals surface area contributed by atoms with Crippen molar-refractivity contribution >= 4 is 23.6 Å². The fourth-order valence-electron chi connectivity index (χ4n) is 1.75. The highest BCUT2D eigenvalue weighted by Crippen LogP contribution is 2.24. The van der Waals surface area contributed by atoms with Crippen LogP contribution in [-0.4, -0.2) is 37.5 Å². The zero-order valence-electron chi connectivity index (χ0n) is 11.0. The summed E-state index contributed by atoms with van der Waals surface area (Å²) in [6.07, 6.45) is 1.80. The third-order valence-corrected chi connectivity index (χ3v) is 3.40. The summed E-state index contributed by atoms with van der Waals surface area (Å²) < 4.78 is 1.81. The molecule has 1 heterocycles. The van der Waals surface area contributed by atoms with E-state index in [9.17, 15) is 9.59 Å². The first kappa shape index (κ1) is 15.5. The number of carboxylic acid groups (broad SMARTS) is 1. The second kappa shape index (κ2) is 7.13. The van der Waals surface area contributed by atoms with Crippen molar-refractivity contribution < 1.29 is 14.7 Å². The number of nitrogens with two attached hydrogens (primary N) is 1. The van der Waals surface area contributed by atoms with E-state index in [0.717, 1.165) is 30.4 Å². The molecule has 1 rings (SSSR count). The Kier molecular flexibility index (Phi) is 5.81. The van der Waals surface area contributed by atoms with E-state index in [-0.39, 0.29) is 18.2 Å². The van der Waals surface area contributed by atoms with Gasteiger partial charge < -0.3 is 15.4 Å². The molecule has 106 valence electrons. The number of thioether (sulfide) groups is 1. The number of carbonyl (C=O) groups is 2. The summed E-state index contributed by atoms with van der Waals surface area (Å²) in [7, 11) is 0. The van der Waals surface area contributed by atoms with Crippen LogP contribution in [0.25, 0.3) is 0 Å². The molecule has 0 saturated carbocycles. The molecule has 7 nitrogen and oxygen atoms in total. The lowest BCUT2D eigenvalue weighted by Gasteiger charge is -2.16. The van der Waals surface area contributed by atoms with Gasteiger partial charge in [0.05, 0.1) is 5.75 Å². The molecule has 0 aromatic carbocycles. The van der Waals surface area contributed by atoms with Crippen molar-refractivity contribution in [2.24, 2.45) is 5.73 Å². The number of aryl methyl sites for hydroxylation is 1. The normalized spacial score (nSPS) is 12.3. The minimum absolute atomic E-state index is 0.0897. The minimum Gasteiger partial charge on any atom is -0.481 e. The van der Waals surface area contributed by atoms with E-state index < -0.39 is 11.9 Å². The SMILES string of the molecule is CCCc1nnc(SCC(=O)O)n1C(C)CC(N)=O. The molecule has 1 aromatic rings. The lowest BCUT2D eigenvalue weighted by atomic mass is 10.2. The number of amides is 1. The Bertz CT molecular complexity index is 461. The molecule has 0 aliphatic heterocycles. The van der Waals surface area contributed by atoms with Gasteiger partial charge in [0.25, 0.3) is 0 Å². The van der Waals surface area contributed by atoms with Crippen LogP contribution in [0.5, 0.6) is 0 Å². The zero-order valence-corrected chi connectivity index (χ0v) is 11.8. The van der Waals surface area contributed by atoms with E-state index in [4.69, 9.17) is 10.8 Å². The van der Waals surface area contributed by atoms with Crippen molar-refractivity contribution in [1.82, 2.24) is 14.8 Å². The van der Waals surface area contributed by atoms with Gasteiger partial charge >= 0.3 is 5.97 Å². The average Bonchev–Trinajstić information content (AvgIpc) is 2.69. The molecule has 0 aliphatic carbocycles. The predicted molar refractivity (Wildman–Crippen MR) is 70.9 cm³/mol.